The van der Waals surface area contributed by atoms with E-state index in [0.717, 1.165) is 10.1 Å². The summed E-state index contributed by atoms with van der Waals surface area (Å²) in [6.07, 6.45) is 0.0318. The van der Waals surface area contributed by atoms with Crippen LogP contribution in [0.2, 0.25) is 5.02 Å². The van der Waals surface area contributed by atoms with Gasteiger partial charge < -0.3 is 14.8 Å². The summed E-state index contributed by atoms with van der Waals surface area (Å²) in [6, 6.07) is 11.1. The average molecular weight is 547 g/mol. The van der Waals surface area contributed by atoms with Crippen LogP contribution in [0.4, 0.5) is 16.0 Å². The first-order valence-electron chi connectivity index (χ1n) is 12.2. The smallest absolute Gasteiger partial charge is 0.354 e. The van der Waals surface area contributed by atoms with E-state index in [1.165, 1.54) is 16.7 Å². The van der Waals surface area contributed by atoms with Crippen LogP contribution in [0.15, 0.2) is 52.1 Å². The molecule has 1 N–H and O–H groups in total. The number of carbonyl (C=O) groups is 1. The summed E-state index contributed by atoms with van der Waals surface area (Å²) in [4.78, 5) is 42.4. The number of anilines is 2. The Hall–Kier alpha value is -3.66. The van der Waals surface area contributed by atoms with Crippen LogP contribution in [0, 0.1) is 5.82 Å². The second kappa shape index (κ2) is 12.3. The lowest BCUT2D eigenvalue weighted by atomic mass is 10.2. The van der Waals surface area contributed by atoms with Gasteiger partial charge in [0.05, 0.1) is 12.6 Å². The SMILES string of the molecule is CC(C)Oc1ccc(Nc2nc(=O)n(CCCC(=O)OC(C)(C)C)c(=O)n2Cc2ccc(Cl)cc2)cc1F. The van der Waals surface area contributed by atoms with Crippen molar-refractivity contribution in [2.75, 3.05) is 5.32 Å². The van der Waals surface area contributed by atoms with E-state index in [9.17, 15) is 18.8 Å². The molecule has 0 radical (unpaired) electrons. The maximum atomic E-state index is 14.6. The molecule has 0 aliphatic heterocycles. The summed E-state index contributed by atoms with van der Waals surface area (Å²) in [5, 5.41) is 3.41. The highest BCUT2D eigenvalue weighted by atomic mass is 35.5. The first-order chi connectivity index (χ1) is 17.8. The normalized spacial score (nSPS) is 11.5. The standard InChI is InChI=1S/C27H32ClFN4O5/c1-17(2)37-22-13-12-20(15-21(22)29)30-24-31-25(35)32(14-6-7-23(34)38-27(3,4)5)26(36)33(24)16-18-8-10-19(28)11-9-18/h8-13,15,17H,6-7,14,16H2,1-5H3,(H,30,31,35). The van der Waals surface area contributed by atoms with Gasteiger partial charge in [0.2, 0.25) is 5.95 Å². The van der Waals surface area contributed by atoms with Crippen LogP contribution in [0.5, 0.6) is 5.75 Å². The first-order valence-corrected chi connectivity index (χ1v) is 12.6. The Balaban J connectivity index is 1.92. The molecule has 3 aromatic rings. The van der Waals surface area contributed by atoms with E-state index in [2.05, 4.69) is 10.3 Å². The maximum absolute atomic E-state index is 14.6. The molecule has 0 bridgehead atoms. The van der Waals surface area contributed by atoms with Crippen LogP contribution >= 0.6 is 11.6 Å². The summed E-state index contributed by atoms with van der Waals surface area (Å²) in [6.45, 7) is 8.89. The summed E-state index contributed by atoms with van der Waals surface area (Å²) in [5.74, 6) is -1.01. The van der Waals surface area contributed by atoms with Gasteiger partial charge in [-0.2, -0.15) is 4.98 Å². The number of benzene rings is 2. The van der Waals surface area contributed by atoms with Crippen molar-refractivity contribution in [3.8, 4) is 5.75 Å². The van der Waals surface area contributed by atoms with Crippen molar-refractivity contribution in [1.82, 2.24) is 14.1 Å². The molecule has 1 heterocycles. The summed E-state index contributed by atoms with van der Waals surface area (Å²) in [5.41, 5.74) is -1.06. The van der Waals surface area contributed by atoms with Gasteiger partial charge in [0.1, 0.15) is 5.60 Å². The van der Waals surface area contributed by atoms with Crippen LogP contribution in [0.25, 0.3) is 0 Å². The van der Waals surface area contributed by atoms with Gasteiger partial charge >= 0.3 is 17.3 Å². The number of aromatic nitrogens is 3. The van der Waals surface area contributed by atoms with E-state index >= 15 is 0 Å². The molecule has 0 spiro atoms. The highest BCUT2D eigenvalue weighted by molar-refractivity contribution is 6.30. The van der Waals surface area contributed by atoms with E-state index in [1.54, 1.807) is 65.0 Å². The quantitative estimate of drug-likeness (QED) is 0.361. The van der Waals surface area contributed by atoms with E-state index in [-0.39, 0.29) is 49.4 Å². The predicted molar refractivity (Wildman–Crippen MR) is 144 cm³/mol. The number of esters is 1. The fraction of sp³-hybridized carbons (Fsp3) is 0.407. The Kier molecular flexibility index (Phi) is 9.32. The molecule has 0 saturated carbocycles. The molecule has 0 amide bonds. The van der Waals surface area contributed by atoms with E-state index in [4.69, 9.17) is 21.1 Å². The molecule has 0 saturated heterocycles. The lowest BCUT2D eigenvalue weighted by molar-refractivity contribution is -0.154. The van der Waals surface area contributed by atoms with Crippen LogP contribution in [0.1, 0.15) is 53.0 Å². The van der Waals surface area contributed by atoms with E-state index in [1.807, 2.05) is 0 Å². The fourth-order valence-corrected chi connectivity index (χ4v) is 3.69. The third-order valence-corrected chi connectivity index (χ3v) is 5.39. The molecule has 0 fully saturated rings. The molecule has 11 heteroatoms. The van der Waals surface area contributed by atoms with Crippen molar-refractivity contribution in [3.05, 3.63) is 79.8 Å². The monoisotopic (exact) mass is 546 g/mol. The Morgan fingerprint density at radius 3 is 2.39 bits per heavy atom. The van der Waals surface area contributed by atoms with Crippen molar-refractivity contribution < 1.29 is 18.7 Å². The minimum absolute atomic E-state index is 0.0271. The molecule has 0 aliphatic carbocycles. The molecule has 204 valence electrons. The number of ether oxygens (including phenoxy) is 2. The number of carbonyl (C=O) groups excluding carboxylic acids is 1. The van der Waals surface area contributed by atoms with Crippen molar-refractivity contribution in [2.45, 2.75) is 72.3 Å². The molecule has 3 rings (SSSR count). The highest BCUT2D eigenvalue weighted by Crippen LogP contribution is 2.24. The third-order valence-electron chi connectivity index (χ3n) is 5.14. The molecule has 0 aliphatic rings. The van der Waals surface area contributed by atoms with Gasteiger partial charge in [-0.1, -0.05) is 23.7 Å². The number of hydrogen-bond acceptors (Lipinski definition) is 7. The summed E-state index contributed by atoms with van der Waals surface area (Å²) in [7, 11) is 0. The predicted octanol–water partition coefficient (Wildman–Crippen LogP) is 4.90. The van der Waals surface area contributed by atoms with E-state index < -0.39 is 28.8 Å². The fourth-order valence-electron chi connectivity index (χ4n) is 3.56. The molecular formula is C27H32ClFN4O5. The molecule has 2 aromatic carbocycles. The van der Waals surface area contributed by atoms with Crippen LogP contribution in [-0.4, -0.2) is 31.8 Å². The van der Waals surface area contributed by atoms with Crippen molar-refractivity contribution in [2.24, 2.45) is 0 Å². The minimum atomic E-state index is -0.797. The van der Waals surface area contributed by atoms with Crippen molar-refractivity contribution in [3.63, 3.8) is 0 Å². The maximum Gasteiger partial charge on any atom is 0.354 e. The Bertz CT molecular complexity index is 1390. The largest absolute Gasteiger partial charge is 0.488 e. The van der Waals surface area contributed by atoms with E-state index in [0.29, 0.717) is 5.02 Å². The summed E-state index contributed by atoms with van der Waals surface area (Å²) >= 11 is 5.99. The van der Waals surface area contributed by atoms with Gasteiger partial charge in [-0.3, -0.25) is 9.36 Å². The van der Waals surface area contributed by atoms with Gasteiger partial charge in [0.25, 0.3) is 0 Å². The Labute approximate surface area is 225 Å². The Morgan fingerprint density at radius 2 is 1.79 bits per heavy atom. The number of halogens is 2. The molecule has 0 atom stereocenters. The molecule has 38 heavy (non-hydrogen) atoms. The first kappa shape index (κ1) is 28.9. The zero-order valence-corrected chi connectivity index (χ0v) is 22.8. The van der Waals surface area contributed by atoms with Gasteiger partial charge in [0, 0.05) is 29.7 Å². The number of hydrogen-bond donors (Lipinski definition) is 1. The van der Waals surface area contributed by atoms with Crippen LogP contribution in [0.3, 0.4) is 0 Å². The number of rotatable bonds is 10. The zero-order chi connectivity index (χ0) is 28.0. The van der Waals surface area contributed by atoms with Gasteiger partial charge in [-0.15, -0.1) is 0 Å². The molecule has 9 nitrogen and oxygen atoms in total. The second-order valence-corrected chi connectivity index (χ2v) is 10.4. The van der Waals surface area contributed by atoms with Gasteiger partial charge in [0.15, 0.2) is 11.6 Å². The van der Waals surface area contributed by atoms with Gasteiger partial charge in [-0.05, 0) is 70.9 Å². The third kappa shape index (κ3) is 8.17. The minimum Gasteiger partial charge on any atom is -0.488 e. The van der Waals surface area contributed by atoms with Gasteiger partial charge in [-0.25, -0.2) is 18.5 Å². The lowest BCUT2D eigenvalue weighted by Crippen LogP contribution is -2.42. The second-order valence-electron chi connectivity index (χ2n) is 9.99. The molecular weight excluding hydrogens is 515 g/mol. The lowest BCUT2D eigenvalue weighted by Gasteiger charge is -2.19. The highest BCUT2D eigenvalue weighted by Gasteiger charge is 2.18. The zero-order valence-electron chi connectivity index (χ0n) is 22.1. The number of nitrogens with zero attached hydrogens (tertiary/aromatic N) is 3. The van der Waals surface area contributed by atoms with Crippen LogP contribution < -0.4 is 21.4 Å². The summed E-state index contributed by atoms with van der Waals surface area (Å²) < 4.78 is 27.5. The van der Waals surface area contributed by atoms with Crippen molar-refractivity contribution >= 4 is 29.2 Å². The Morgan fingerprint density at radius 1 is 1.11 bits per heavy atom. The van der Waals surface area contributed by atoms with Crippen molar-refractivity contribution in [1.29, 1.82) is 0 Å². The van der Waals surface area contributed by atoms with Crippen LogP contribution in [-0.2, 0) is 22.6 Å². The topological polar surface area (TPSA) is 104 Å². The number of nitrogens with one attached hydrogen (secondary N) is 1. The molecule has 1 aromatic heterocycles. The average Bonchev–Trinajstić information content (AvgIpc) is 2.80. The molecule has 0 unspecified atom stereocenters.